The molecule has 2 aromatic rings. The number of fused-ring (bicyclic) bond motifs is 1. The predicted octanol–water partition coefficient (Wildman–Crippen LogP) is 4.20. The number of carbonyl (C=O) groups excluding carboxylic acids is 1. The Labute approximate surface area is 118 Å². The average Bonchev–Trinajstić information content (AvgIpc) is 2.75. The minimum Gasteiger partial charge on any atom is -0.321 e. The summed E-state index contributed by atoms with van der Waals surface area (Å²) in [5.41, 5.74) is 1.33. The molecule has 0 fully saturated rings. The van der Waals surface area contributed by atoms with Gasteiger partial charge in [-0.1, -0.05) is 30.3 Å². The lowest BCUT2D eigenvalue weighted by Gasteiger charge is -2.07. The third-order valence-electron chi connectivity index (χ3n) is 3.24. The molecule has 1 N–H and O–H groups in total. The Morgan fingerprint density at radius 3 is 2.52 bits per heavy atom. The van der Waals surface area contributed by atoms with Crippen LogP contribution in [0.5, 0.6) is 0 Å². The highest BCUT2D eigenvalue weighted by Crippen LogP contribution is 2.34. The first-order valence-corrected chi connectivity index (χ1v) is 6.25. The molecule has 0 radical (unpaired) electrons. The summed E-state index contributed by atoms with van der Waals surface area (Å²) in [5.74, 6) is -0.311. The largest absolute Gasteiger partial charge is 0.416 e. The van der Waals surface area contributed by atoms with Crippen LogP contribution in [0, 0.1) is 0 Å². The van der Waals surface area contributed by atoms with Gasteiger partial charge in [0, 0.05) is 16.8 Å². The van der Waals surface area contributed by atoms with Crippen LogP contribution < -0.4 is 5.32 Å². The summed E-state index contributed by atoms with van der Waals surface area (Å²) in [6.45, 7) is 0. The van der Waals surface area contributed by atoms with Crippen molar-refractivity contribution in [3.63, 3.8) is 0 Å². The second kappa shape index (κ2) is 4.77. The van der Waals surface area contributed by atoms with Gasteiger partial charge in [0.2, 0.25) is 0 Å². The van der Waals surface area contributed by atoms with Gasteiger partial charge >= 0.3 is 6.18 Å². The van der Waals surface area contributed by atoms with E-state index in [4.69, 9.17) is 0 Å². The number of hydrogen-bond donors (Lipinski definition) is 1. The van der Waals surface area contributed by atoms with Crippen molar-refractivity contribution in [3.05, 3.63) is 65.2 Å². The Morgan fingerprint density at radius 2 is 1.76 bits per heavy atom. The summed E-state index contributed by atoms with van der Waals surface area (Å²) < 4.78 is 38.1. The molecule has 1 aliphatic heterocycles. The van der Waals surface area contributed by atoms with E-state index in [0.717, 1.165) is 12.1 Å². The number of halogens is 3. The molecule has 0 spiro atoms. The fraction of sp³-hybridized carbons (Fsp3) is 0.0625. The number of amides is 1. The number of alkyl halides is 3. The van der Waals surface area contributed by atoms with Crippen LogP contribution >= 0.6 is 0 Å². The molecule has 1 amide bonds. The van der Waals surface area contributed by atoms with Crippen LogP contribution in [0.4, 0.5) is 18.9 Å². The van der Waals surface area contributed by atoms with Crippen molar-refractivity contribution in [1.29, 1.82) is 0 Å². The fourth-order valence-electron chi connectivity index (χ4n) is 2.25. The molecule has 1 aliphatic rings. The van der Waals surface area contributed by atoms with Crippen molar-refractivity contribution >= 4 is 23.2 Å². The Bertz CT molecular complexity index is 747. The minimum atomic E-state index is -4.40. The molecule has 1 heterocycles. The molecule has 3 rings (SSSR count). The monoisotopic (exact) mass is 289 g/mol. The highest BCUT2D eigenvalue weighted by molar-refractivity contribution is 6.34. The van der Waals surface area contributed by atoms with Gasteiger partial charge in [-0.05, 0) is 29.8 Å². The topological polar surface area (TPSA) is 29.1 Å². The van der Waals surface area contributed by atoms with Gasteiger partial charge in [0.25, 0.3) is 5.91 Å². The number of hydrogen-bond acceptors (Lipinski definition) is 1. The standard InChI is InChI=1S/C16H10F3NO/c17-16(18,19)11-5-3-4-10(8-11)9-13-12-6-1-2-7-14(12)20-15(13)21/h1-9H,(H,20,21). The molecule has 0 atom stereocenters. The first kappa shape index (κ1) is 13.4. The Balaban J connectivity index is 2.05. The molecule has 106 valence electrons. The smallest absolute Gasteiger partial charge is 0.321 e. The molecule has 2 aromatic carbocycles. The molecular formula is C16H10F3NO. The van der Waals surface area contributed by atoms with E-state index >= 15 is 0 Å². The maximum atomic E-state index is 12.7. The third kappa shape index (κ3) is 2.54. The van der Waals surface area contributed by atoms with Crippen molar-refractivity contribution in [1.82, 2.24) is 0 Å². The maximum Gasteiger partial charge on any atom is 0.416 e. The third-order valence-corrected chi connectivity index (χ3v) is 3.24. The lowest BCUT2D eigenvalue weighted by molar-refractivity contribution is -0.137. The minimum absolute atomic E-state index is 0.311. The summed E-state index contributed by atoms with van der Waals surface area (Å²) in [6.07, 6.45) is -2.93. The number of anilines is 1. The molecule has 2 nitrogen and oxygen atoms in total. The van der Waals surface area contributed by atoms with Crippen LogP contribution in [0.25, 0.3) is 11.6 Å². The van der Waals surface area contributed by atoms with Gasteiger partial charge in [-0.3, -0.25) is 4.79 Å². The molecule has 0 aromatic heterocycles. The molecule has 0 saturated heterocycles. The highest BCUT2D eigenvalue weighted by Gasteiger charge is 2.30. The molecular weight excluding hydrogens is 279 g/mol. The Kier molecular flexibility index (Phi) is 3.05. The SMILES string of the molecule is O=C1Nc2ccccc2C1=Cc1cccc(C(F)(F)F)c1. The first-order chi connectivity index (χ1) is 9.95. The molecule has 0 bridgehead atoms. The van der Waals surface area contributed by atoms with Gasteiger partial charge in [-0.2, -0.15) is 13.2 Å². The number of rotatable bonds is 1. The molecule has 21 heavy (non-hydrogen) atoms. The Morgan fingerprint density at radius 1 is 1.00 bits per heavy atom. The van der Waals surface area contributed by atoms with E-state index in [1.807, 2.05) is 0 Å². The van der Waals surface area contributed by atoms with E-state index in [9.17, 15) is 18.0 Å². The van der Waals surface area contributed by atoms with Crippen molar-refractivity contribution in [3.8, 4) is 0 Å². The number of nitrogens with one attached hydrogen (secondary N) is 1. The zero-order chi connectivity index (χ0) is 15.0. The lowest BCUT2D eigenvalue weighted by Crippen LogP contribution is -2.05. The molecule has 0 saturated carbocycles. The van der Waals surface area contributed by atoms with Gasteiger partial charge in [0.15, 0.2) is 0 Å². The predicted molar refractivity (Wildman–Crippen MR) is 74.4 cm³/mol. The molecule has 5 heteroatoms. The van der Waals surface area contributed by atoms with Crippen LogP contribution in [0.3, 0.4) is 0 Å². The summed E-state index contributed by atoms with van der Waals surface area (Å²) in [6, 6.07) is 12.0. The van der Waals surface area contributed by atoms with Crippen LogP contribution in [-0.4, -0.2) is 5.91 Å². The maximum absolute atomic E-state index is 12.7. The number of benzene rings is 2. The van der Waals surface area contributed by atoms with E-state index < -0.39 is 11.7 Å². The van der Waals surface area contributed by atoms with Crippen molar-refractivity contribution in [2.45, 2.75) is 6.18 Å². The summed E-state index contributed by atoms with van der Waals surface area (Å²) in [4.78, 5) is 11.9. The van der Waals surface area contributed by atoms with Crippen LogP contribution in [0.2, 0.25) is 0 Å². The van der Waals surface area contributed by atoms with Crippen molar-refractivity contribution < 1.29 is 18.0 Å². The van der Waals surface area contributed by atoms with Gasteiger partial charge < -0.3 is 5.32 Å². The van der Waals surface area contributed by atoms with Gasteiger partial charge in [0.1, 0.15) is 0 Å². The molecule has 0 unspecified atom stereocenters. The van der Waals surface area contributed by atoms with Crippen molar-refractivity contribution in [2.24, 2.45) is 0 Å². The van der Waals surface area contributed by atoms with Gasteiger partial charge in [0.05, 0.1) is 5.56 Å². The normalized spacial score (nSPS) is 16.0. The van der Waals surface area contributed by atoms with Gasteiger partial charge in [-0.15, -0.1) is 0 Å². The summed E-state index contributed by atoms with van der Waals surface area (Å²) in [5, 5.41) is 2.68. The van der Waals surface area contributed by atoms with E-state index in [1.165, 1.54) is 18.2 Å². The number of carbonyl (C=O) groups is 1. The average molecular weight is 289 g/mol. The van der Waals surface area contributed by atoms with Crippen LogP contribution in [0.15, 0.2) is 48.5 Å². The van der Waals surface area contributed by atoms with E-state index in [1.54, 1.807) is 24.3 Å². The second-order valence-corrected chi connectivity index (χ2v) is 4.68. The van der Waals surface area contributed by atoms with E-state index in [2.05, 4.69) is 5.32 Å². The molecule has 0 aliphatic carbocycles. The summed E-state index contributed by atoms with van der Waals surface area (Å²) >= 11 is 0. The van der Waals surface area contributed by atoms with Gasteiger partial charge in [-0.25, -0.2) is 0 Å². The van der Waals surface area contributed by atoms with Crippen LogP contribution in [-0.2, 0) is 11.0 Å². The lowest BCUT2D eigenvalue weighted by atomic mass is 10.0. The fourth-order valence-corrected chi connectivity index (χ4v) is 2.25. The number of para-hydroxylation sites is 1. The summed E-state index contributed by atoms with van der Waals surface area (Å²) in [7, 11) is 0. The second-order valence-electron chi connectivity index (χ2n) is 4.68. The van der Waals surface area contributed by atoms with Crippen molar-refractivity contribution in [2.75, 3.05) is 5.32 Å². The van der Waals surface area contributed by atoms with E-state index in [-0.39, 0.29) is 5.91 Å². The zero-order valence-corrected chi connectivity index (χ0v) is 10.7. The van der Waals surface area contributed by atoms with E-state index in [0.29, 0.717) is 22.4 Å². The first-order valence-electron chi connectivity index (χ1n) is 6.25. The van der Waals surface area contributed by atoms with Crippen LogP contribution in [0.1, 0.15) is 16.7 Å². The zero-order valence-electron chi connectivity index (χ0n) is 10.7. The quantitative estimate of drug-likeness (QED) is 0.783. The highest BCUT2D eigenvalue weighted by atomic mass is 19.4. The Hall–Kier alpha value is -2.56.